The molecule has 2 heterocycles. The van der Waals surface area contributed by atoms with Crippen LogP contribution < -0.4 is 14.8 Å². The number of carbonyl (C=O) groups excluding carboxylic acids is 2. The van der Waals surface area contributed by atoms with Crippen LogP contribution in [0.15, 0.2) is 42.5 Å². The van der Waals surface area contributed by atoms with Crippen LogP contribution in [0.2, 0.25) is 5.02 Å². The number of nitrogens with one attached hydrogen (secondary N) is 1. The zero-order valence-electron chi connectivity index (χ0n) is 15.5. The topological polar surface area (TPSA) is 67.9 Å². The molecule has 1 atom stereocenters. The molecule has 1 saturated heterocycles. The van der Waals surface area contributed by atoms with Gasteiger partial charge in [-0.1, -0.05) is 41.9 Å². The number of ether oxygens (including phenoxy) is 2. The van der Waals surface area contributed by atoms with E-state index < -0.39 is 11.6 Å². The van der Waals surface area contributed by atoms with Gasteiger partial charge in [-0.15, -0.1) is 0 Å². The van der Waals surface area contributed by atoms with E-state index in [0.717, 1.165) is 5.56 Å². The predicted molar refractivity (Wildman–Crippen MR) is 105 cm³/mol. The Morgan fingerprint density at radius 2 is 1.86 bits per heavy atom. The number of carbonyl (C=O) groups is 2. The van der Waals surface area contributed by atoms with Crippen molar-refractivity contribution in [2.75, 3.05) is 13.2 Å². The minimum absolute atomic E-state index is 0.127. The average Bonchev–Trinajstić information content (AvgIpc) is 2.91. The first-order chi connectivity index (χ1) is 13.5. The molecule has 1 unspecified atom stereocenters. The lowest BCUT2D eigenvalue weighted by Crippen LogP contribution is -2.44. The van der Waals surface area contributed by atoms with Crippen molar-refractivity contribution in [1.29, 1.82) is 0 Å². The molecule has 1 fully saturated rings. The van der Waals surface area contributed by atoms with Gasteiger partial charge in [0.1, 0.15) is 18.8 Å². The minimum Gasteiger partial charge on any atom is -0.486 e. The van der Waals surface area contributed by atoms with Gasteiger partial charge in [-0.25, -0.2) is 4.79 Å². The molecule has 6 nitrogen and oxygen atoms in total. The maximum absolute atomic E-state index is 13.0. The Labute approximate surface area is 168 Å². The Kier molecular flexibility index (Phi) is 4.89. The highest BCUT2D eigenvalue weighted by Gasteiger charge is 2.47. The van der Waals surface area contributed by atoms with E-state index in [-0.39, 0.29) is 12.5 Å². The normalized spacial score (nSPS) is 21.0. The number of rotatable bonds is 5. The molecule has 0 saturated carbocycles. The van der Waals surface area contributed by atoms with E-state index in [4.69, 9.17) is 21.1 Å². The van der Waals surface area contributed by atoms with Crippen molar-refractivity contribution in [1.82, 2.24) is 10.2 Å². The van der Waals surface area contributed by atoms with Gasteiger partial charge in [-0.05, 0) is 43.0 Å². The molecular formula is C21H21ClN2O4. The minimum atomic E-state index is -0.926. The average molecular weight is 401 g/mol. The highest BCUT2D eigenvalue weighted by molar-refractivity contribution is 6.32. The molecule has 4 rings (SSSR count). The van der Waals surface area contributed by atoms with Crippen LogP contribution in [-0.4, -0.2) is 35.6 Å². The SMILES string of the molecule is CC1(CCc2ccccc2)NC(=O)N(Cc2cc(Cl)c3c(c2)OCCO3)C1=O. The fourth-order valence-corrected chi connectivity index (χ4v) is 3.83. The van der Waals surface area contributed by atoms with Crippen molar-refractivity contribution in [3.05, 3.63) is 58.6 Å². The summed E-state index contributed by atoms with van der Waals surface area (Å²) in [5.41, 5.74) is 0.915. The summed E-state index contributed by atoms with van der Waals surface area (Å²) in [6.45, 7) is 2.78. The third-order valence-electron chi connectivity index (χ3n) is 5.10. The molecular weight excluding hydrogens is 380 g/mol. The van der Waals surface area contributed by atoms with Crippen molar-refractivity contribution >= 4 is 23.5 Å². The Hall–Kier alpha value is -2.73. The first-order valence-corrected chi connectivity index (χ1v) is 9.60. The highest BCUT2D eigenvalue weighted by atomic mass is 35.5. The molecule has 2 aliphatic heterocycles. The van der Waals surface area contributed by atoms with Gasteiger partial charge in [0.05, 0.1) is 11.6 Å². The summed E-state index contributed by atoms with van der Waals surface area (Å²) in [4.78, 5) is 26.7. The number of fused-ring (bicyclic) bond motifs is 1. The van der Waals surface area contributed by atoms with Crippen LogP contribution in [0.25, 0.3) is 0 Å². The van der Waals surface area contributed by atoms with Gasteiger partial charge in [-0.2, -0.15) is 0 Å². The molecule has 28 heavy (non-hydrogen) atoms. The Morgan fingerprint density at radius 3 is 2.64 bits per heavy atom. The number of nitrogens with zero attached hydrogens (tertiary/aromatic N) is 1. The van der Waals surface area contributed by atoms with Gasteiger partial charge in [-0.3, -0.25) is 9.69 Å². The second kappa shape index (κ2) is 7.36. The second-order valence-electron chi connectivity index (χ2n) is 7.24. The first-order valence-electron chi connectivity index (χ1n) is 9.22. The Morgan fingerprint density at radius 1 is 1.11 bits per heavy atom. The van der Waals surface area contributed by atoms with Crippen LogP contribution in [0.5, 0.6) is 11.5 Å². The fourth-order valence-electron chi connectivity index (χ4n) is 3.54. The van der Waals surface area contributed by atoms with E-state index in [0.29, 0.717) is 48.1 Å². The maximum atomic E-state index is 13.0. The number of hydrogen-bond donors (Lipinski definition) is 1. The van der Waals surface area contributed by atoms with Crippen LogP contribution in [0.4, 0.5) is 4.79 Å². The lowest BCUT2D eigenvalue weighted by atomic mass is 9.93. The van der Waals surface area contributed by atoms with Crippen LogP contribution in [0.1, 0.15) is 24.5 Å². The molecule has 3 amide bonds. The van der Waals surface area contributed by atoms with E-state index in [1.54, 1.807) is 19.1 Å². The van der Waals surface area contributed by atoms with Crippen LogP contribution in [-0.2, 0) is 17.8 Å². The zero-order valence-corrected chi connectivity index (χ0v) is 16.3. The van der Waals surface area contributed by atoms with Crippen LogP contribution in [0, 0.1) is 0 Å². The quantitative estimate of drug-likeness (QED) is 0.779. The predicted octanol–water partition coefficient (Wildman–Crippen LogP) is 3.55. The van der Waals surface area contributed by atoms with Gasteiger partial charge in [0.2, 0.25) is 0 Å². The lowest BCUT2D eigenvalue weighted by Gasteiger charge is -2.23. The number of hydrogen-bond acceptors (Lipinski definition) is 4. The van der Waals surface area contributed by atoms with Gasteiger partial charge in [0, 0.05) is 0 Å². The number of imide groups is 1. The largest absolute Gasteiger partial charge is 0.486 e. The summed E-state index contributed by atoms with van der Waals surface area (Å²) in [5, 5.41) is 3.25. The lowest BCUT2D eigenvalue weighted by molar-refractivity contribution is -0.131. The smallest absolute Gasteiger partial charge is 0.325 e. The number of aryl methyl sites for hydroxylation is 1. The van der Waals surface area contributed by atoms with Crippen molar-refractivity contribution in [2.24, 2.45) is 0 Å². The molecule has 0 spiro atoms. The molecule has 2 aromatic carbocycles. The van der Waals surface area contributed by atoms with E-state index in [9.17, 15) is 9.59 Å². The summed E-state index contributed by atoms with van der Waals surface area (Å²) in [6.07, 6.45) is 1.23. The Balaban J connectivity index is 1.49. The summed E-state index contributed by atoms with van der Waals surface area (Å²) < 4.78 is 11.1. The fraction of sp³-hybridized carbons (Fsp3) is 0.333. The summed E-state index contributed by atoms with van der Waals surface area (Å²) in [5.74, 6) is 0.800. The van der Waals surface area contributed by atoms with Crippen molar-refractivity contribution in [2.45, 2.75) is 31.8 Å². The number of urea groups is 1. The van der Waals surface area contributed by atoms with Crippen LogP contribution >= 0.6 is 11.6 Å². The van der Waals surface area contributed by atoms with Crippen molar-refractivity contribution in [3.8, 4) is 11.5 Å². The highest BCUT2D eigenvalue weighted by Crippen LogP contribution is 2.39. The standard InChI is InChI=1S/C21H21ClN2O4/c1-21(8-7-14-5-3-2-4-6-14)19(25)24(20(26)23-21)13-15-11-16(22)18-17(12-15)27-9-10-28-18/h2-6,11-12H,7-10,13H2,1H3,(H,23,26). The zero-order chi connectivity index (χ0) is 19.7. The monoisotopic (exact) mass is 400 g/mol. The van der Waals surface area contributed by atoms with Crippen LogP contribution in [0.3, 0.4) is 0 Å². The van der Waals surface area contributed by atoms with E-state index >= 15 is 0 Å². The van der Waals surface area contributed by atoms with E-state index in [2.05, 4.69) is 5.32 Å². The number of amides is 3. The van der Waals surface area contributed by atoms with Gasteiger partial charge in [0.15, 0.2) is 11.5 Å². The summed E-state index contributed by atoms with van der Waals surface area (Å²) in [7, 11) is 0. The van der Waals surface area contributed by atoms with Crippen molar-refractivity contribution < 1.29 is 19.1 Å². The molecule has 0 bridgehead atoms. The second-order valence-corrected chi connectivity index (χ2v) is 7.65. The Bertz CT molecular complexity index is 918. The maximum Gasteiger partial charge on any atom is 0.325 e. The molecule has 146 valence electrons. The summed E-state index contributed by atoms with van der Waals surface area (Å²) >= 11 is 6.27. The van der Waals surface area contributed by atoms with Gasteiger partial charge < -0.3 is 14.8 Å². The molecule has 0 aliphatic carbocycles. The molecule has 0 radical (unpaired) electrons. The molecule has 0 aromatic heterocycles. The number of benzene rings is 2. The van der Waals surface area contributed by atoms with Gasteiger partial charge >= 0.3 is 6.03 Å². The third kappa shape index (κ3) is 3.52. The molecule has 7 heteroatoms. The summed E-state index contributed by atoms with van der Waals surface area (Å²) in [6, 6.07) is 13.0. The van der Waals surface area contributed by atoms with E-state index in [1.165, 1.54) is 4.90 Å². The van der Waals surface area contributed by atoms with E-state index in [1.807, 2.05) is 30.3 Å². The first kappa shape index (κ1) is 18.6. The third-order valence-corrected chi connectivity index (χ3v) is 5.38. The van der Waals surface area contributed by atoms with Crippen molar-refractivity contribution in [3.63, 3.8) is 0 Å². The van der Waals surface area contributed by atoms with Gasteiger partial charge in [0.25, 0.3) is 5.91 Å². The molecule has 2 aromatic rings. The molecule has 1 N–H and O–H groups in total. The molecule has 2 aliphatic rings. The number of halogens is 1.